The van der Waals surface area contributed by atoms with E-state index in [1.54, 1.807) is 0 Å². The monoisotopic (exact) mass is 260 g/mol. The minimum Gasteiger partial charge on any atom is -0.393 e. The standard InChI is InChI=1S/C16H24N2O/c1-2-17-9-12-5-3-4-6-15(12)18-10-13-7-8-16(19)14(13)11-18/h3-6,13-14,16-17,19H,2,7-11H2,1H3. The average molecular weight is 260 g/mol. The highest BCUT2D eigenvalue weighted by Gasteiger charge is 2.42. The number of benzene rings is 1. The van der Waals surface area contributed by atoms with E-state index >= 15 is 0 Å². The van der Waals surface area contributed by atoms with E-state index in [1.807, 2.05) is 0 Å². The van der Waals surface area contributed by atoms with Gasteiger partial charge in [0.2, 0.25) is 0 Å². The Balaban J connectivity index is 1.76. The first kappa shape index (κ1) is 12.9. The lowest BCUT2D eigenvalue weighted by molar-refractivity contribution is 0.133. The molecule has 3 heteroatoms. The van der Waals surface area contributed by atoms with Crippen molar-refractivity contribution < 1.29 is 5.11 Å². The van der Waals surface area contributed by atoms with Crippen LogP contribution in [-0.2, 0) is 6.54 Å². The Bertz CT molecular complexity index is 435. The molecule has 1 aliphatic heterocycles. The van der Waals surface area contributed by atoms with Gasteiger partial charge in [0.25, 0.3) is 0 Å². The fraction of sp³-hybridized carbons (Fsp3) is 0.625. The Labute approximate surface area is 115 Å². The molecule has 3 rings (SSSR count). The molecule has 0 spiro atoms. The third-order valence-corrected chi connectivity index (χ3v) is 4.72. The van der Waals surface area contributed by atoms with E-state index in [9.17, 15) is 5.11 Å². The lowest BCUT2D eigenvalue weighted by atomic mass is 10.00. The lowest BCUT2D eigenvalue weighted by Gasteiger charge is -2.23. The first-order valence-electron chi connectivity index (χ1n) is 7.51. The highest BCUT2D eigenvalue weighted by atomic mass is 16.3. The van der Waals surface area contributed by atoms with Crippen molar-refractivity contribution in [1.29, 1.82) is 0 Å². The van der Waals surface area contributed by atoms with Gasteiger partial charge in [-0.05, 0) is 36.9 Å². The van der Waals surface area contributed by atoms with Crippen molar-refractivity contribution in [3.8, 4) is 0 Å². The molecule has 104 valence electrons. The van der Waals surface area contributed by atoms with Crippen LogP contribution in [0.5, 0.6) is 0 Å². The summed E-state index contributed by atoms with van der Waals surface area (Å²) < 4.78 is 0. The highest BCUT2D eigenvalue weighted by molar-refractivity contribution is 5.54. The van der Waals surface area contributed by atoms with Gasteiger partial charge in [-0.15, -0.1) is 0 Å². The molecule has 1 heterocycles. The second kappa shape index (κ2) is 5.51. The normalized spacial score (nSPS) is 29.8. The van der Waals surface area contributed by atoms with E-state index in [0.29, 0.717) is 11.8 Å². The minimum atomic E-state index is -0.0732. The van der Waals surface area contributed by atoms with Gasteiger partial charge in [0.1, 0.15) is 0 Å². The van der Waals surface area contributed by atoms with Crippen molar-refractivity contribution in [2.24, 2.45) is 11.8 Å². The first-order chi connectivity index (χ1) is 9.29. The van der Waals surface area contributed by atoms with Crippen LogP contribution in [0.3, 0.4) is 0 Å². The largest absolute Gasteiger partial charge is 0.393 e. The molecular formula is C16H24N2O. The van der Waals surface area contributed by atoms with Gasteiger partial charge in [0.15, 0.2) is 0 Å². The van der Waals surface area contributed by atoms with Crippen molar-refractivity contribution in [2.45, 2.75) is 32.4 Å². The summed E-state index contributed by atoms with van der Waals surface area (Å²) in [7, 11) is 0. The molecule has 3 atom stereocenters. The number of nitrogens with one attached hydrogen (secondary N) is 1. The minimum absolute atomic E-state index is 0.0732. The predicted octanol–water partition coefficient (Wildman–Crippen LogP) is 2.00. The summed E-state index contributed by atoms with van der Waals surface area (Å²) in [5, 5.41) is 13.4. The summed E-state index contributed by atoms with van der Waals surface area (Å²) in [5.41, 5.74) is 2.73. The van der Waals surface area contributed by atoms with Crippen molar-refractivity contribution >= 4 is 5.69 Å². The fourth-order valence-corrected chi connectivity index (χ4v) is 3.66. The molecule has 1 aromatic carbocycles. The van der Waals surface area contributed by atoms with E-state index in [-0.39, 0.29) is 6.10 Å². The maximum atomic E-state index is 10.0. The Kier molecular flexibility index (Phi) is 3.76. The zero-order valence-electron chi connectivity index (χ0n) is 11.7. The third kappa shape index (κ3) is 2.49. The molecule has 3 nitrogen and oxygen atoms in total. The van der Waals surface area contributed by atoms with Gasteiger partial charge in [-0.2, -0.15) is 0 Å². The number of para-hydroxylation sites is 1. The Hall–Kier alpha value is -1.06. The fourth-order valence-electron chi connectivity index (χ4n) is 3.66. The Morgan fingerprint density at radius 1 is 1.26 bits per heavy atom. The zero-order chi connectivity index (χ0) is 13.2. The van der Waals surface area contributed by atoms with Crippen LogP contribution in [0.15, 0.2) is 24.3 Å². The molecule has 0 aromatic heterocycles. The molecule has 19 heavy (non-hydrogen) atoms. The molecule has 2 aliphatic rings. The van der Waals surface area contributed by atoms with Gasteiger partial charge < -0.3 is 15.3 Å². The topological polar surface area (TPSA) is 35.5 Å². The van der Waals surface area contributed by atoms with Crippen LogP contribution in [0.2, 0.25) is 0 Å². The number of rotatable bonds is 4. The third-order valence-electron chi connectivity index (χ3n) is 4.72. The van der Waals surface area contributed by atoms with Crippen LogP contribution < -0.4 is 10.2 Å². The van der Waals surface area contributed by atoms with E-state index in [4.69, 9.17) is 0 Å². The molecule has 1 aromatic rings. The van der Waals surface area contributed by atoms with E-state index < -0.39 is 0 Å². The van der Waals surface area contributed by atoms with Crippen LogP contribution in [0.25, 0.3) is 0 Å². The van der Waals surface area contributed by atoms with E-state index in [2.05, 4.69) is 41.4 Å². The molecule has 1 saturated carbocycles. The Morgan fingerprint density at radius 2 is 2.11 bits per heavy atom. The summed E-state index contributed by atoms with van der Waals surface area (Å²) in [6, 6.07) is 8.67. The smallest absolute Gasteiger partial charge is 0.0588 e. The van der Waals surface area contributed by atoms with Gasteiger partial charge in [-0.1, -0.05) is 25.1 Å². The predicted molar refractivity (Wildman–Crippen MR) is 78.3 cm³/mol. The number of hydrogen-bond acceptors (Lipinski definition) is 3. The summed E-state index contributed by atoms with van der Waals surface area (Å²) in [5.74, 6) is 1.19. The second-order valence-corrected chi connectivity index (χ2v) is 5.88. The van der Waals surface area contributed by atoms with Crippen LogP contribution in [0.4, 0.5) is 5.69 Å². The molecule has 2 N–H and O–H groups in total. The second-order valence-electron chi connectivity index (χ2n) is 5.88. The number of anilines is 1. The zero-order valence-corrected chi connectivity index (χ0v) is 11.7. The highest BCUT2D eigenvalue weighted by Crippen LogP contribution is 2.40. The number of hydrogen-bond donors (Lipinski definition) is 2. The van der Waals surface area contributed by atoms with Crippen LogP contribution in [0.1, 0.15) is 25.3 Å². The van der Waals surface area contributed by atoms with Crippen molar-refractivity contribution in [3.63, 3.8) is 0 Å². The van der Waals surface area contributed by atoms with Crippen LogP contribution in [-0.4, -0.2) is 30.8 Å². The summed E-state index contributed by atoms with van der Waals surface area (Å²) >= 11 is 0. The first-order valence-corrected chi connectivity index (χ1v) is 7.51. The molecule has 3 unspecified atom stereocenters. The van der Waals surface area contributed by atoms with Gasteiger partial charge in [0, 0.05) is 31.2 Å². The molecule has 2 fully saturated rings. The molecular weight excluding hydrogens is 236 g/mol. The Morgan fingerprint density at radius 3 is 2.89 bits per heavy atom. The van der Waals surface area contributed by atoms with Gasteiger partial charge in [-0.25, -0.2) is 0 Å². The van der Waals surface area contributed by atoms with E-state index in [0.717, 1.165) is 32.6 Å². The molecule has 1 aliphatic carbocycles. The SMILES string of the molecule is CCNCc1ccccc1N1CC2CCC(O)C2C1. The number of aliphatic hydroxyl groups excluding tert-OH is 1. The summed E-state index contributed by atoms with van der Waals surface area (Å²) in [6.07, 6.45) is 2.12. The van der Waals surface area contributed by atoms with Gasteiger partial charge in [-0.3, -0.25) is 0 Å². The van der Waals surface area contributed by atoms with Crippen molar-refractivity contribution in [2.75, 3.05) is 24.5 Å². The van der Waals surface area contributed by atoms with E-state index in [1.165, 1.54) is 17.7 Å². The summed E-state index contributed by atoms with van der Waals surface area (Å²) in [6.45, 7) is 6.21. The maximum Gasteiger partial charge on any atom is 0.0588 e. The van der Waals surface area contributed by atoms with Crippen molar-refractivity contribution in [1.82, 2.24) is 5.32 Å². The number of aliphatic hydroxyl groups is 1. The molecule has 0 amide bonds. The quantitative estimate of drug-likeness (QED) is 0.869. The molecule has 0 radical (unpaired) electrons. The van der Waals surface area contributed by atoms with Gasteiger partial charge in [0.05, 0.1) is 6.10 Å². The number of fused-ring (bicyclic) bond motifs is 1. The summed E-state index contributed by atoms with van der Waals surface area (Å²) in [4.78, 5) is 2.48. The molecule has 0 bridgehead atoms. The van der Waals surface area contributed by atoms with Crippen molar-refractivity contribution in [3.05, 3.63) is 29.8 Å². The lowest BCUT2D eigenvalue weighted by Crippen LogP contribution is -2.26. The maximum absolute atomic E-state index is 10.0. The average Bonchev–Trinajstić information content (AvgIpc) is 2.99. The van der Waals surface area contributed by atoms with Crippen LogP contribution in [0, 0.1) is 11.8 Å². The van der Waals surface area contributed by atoms with Gasteiger partial charge >= 0.3 is 0 Å². The van der Waals surface area contributed by atoms with Crippen LogP contribution >= 0.6 is 0 Å². The molecule has 1 saturated heterocycles. The number of nitrogens with zero attached hydrogens (tertiary/aromatic N) is 1.